The first kappa shape index (κ1) is 22.6. The highest BCUT2D eigenvalue weighted by molar-refractivity contribution is 6.31. The van der Waals surface area contributed by atoms with E-state index in [1.54, 1.807) is 72.8 Å². The van der Waals surface area contributed by atoms with E-state index in [0.29, 0.717) is 21.3 Å². The maximum Gasteiger partial charge on any atom is 0.331 e. The highest BCUT2D eigenvalue weighted by Gasteiger charge is 2.69. The first-order valence-corrected chi connectivity index (χ1v) is 11.4. The fraction of sp³-hybridized carbons (Fsp3) is 0.192. The molecular weight excluding hydrogens is 475 g/mol. The number of carbonyl (C=O) groups is 3. The molecule has 34 heavy (non-hydrogen) atoms. The predicted octanol–water partition coefficient (Wildman–Crippen LogP) is 4.51. The van der Waals surface area contributed by atoms with Gasteiger partial charge in [-0.15, -0.1) is 0 Å². The maximum atomic E-state index is 13.9. The van der Waals surface area contributed by atoms with Crippen molar-refractivity contribution in [1.29, 1.82) is 0 Å². The number of ether oxygens (including phenoxy) is 1. The number of nitrogens with zero attached hydrogens (tertiary/aromatic N) is 1. The largest absolute Gasteiger partial charge is 0.467 e. The van der Waals surface area contributed by atoms with E-state index in [2.05, 4.69) is 5.32 Å². The third kappa shape index (κ3) is 3.33. The summed E-state index contributed by atoms with van der Waals surface area (Å²) in [5.41, 5.74) is 0.127. The molecule has 2 heterocycles. The van der Waals surface area contributed by atoms with Crippen molar-refractivity contribution in [3.63, 3.8) is 0 Å². The van der Waals surface area contributed by atoms with Gasteiger partial charge in [0.2, 0.25) is 11.8 Å². The fourth-order valence-corrected chi connectivity index (χ4v) is 5.39. The van der Waals surface area contributed by atoms with Gasteiger partial charge in [0, 0.05) is 16.1 Å². The summed E-state index contributed by atoms with van der Waals surface area (Å²) in [4.78, 5) is 42.3. The number of amides is 2. The fourth-order valence-electron chi connectivity index (χ4n) is 5.14. The second kappa shape index (κ2) is 8.55. The summed E-state index contributed by atoms with van der Waals surface area (Å²) in [5, 5.41) is 4.37. The molecule has 0 aromatic heterocycles. The van der Waals surface area contributed by atoms with Gasteiger partial charge >= 0.3 is 5.97 Å². The van der Waals surface area contributed by atoms with Gasteiger partial charge in [0.1, 0.15) is 0 Å². The van der Waals surface area contributed by atoms with Gasteiger partial charge in [-0.25, -0.2) is 9.69 Å². The van der Waals surface area contributed by atoms with Gasteiger partial charge in [-0.1, -0.05) is 65.7 Å². The molecule has 1 N–H and O–H groups in total. The lowest BCUT2D eigenvalue weighted by molar-refractivity contribution is -0.152. The van der Waals surface area contributed by atoms with Crippen molar-refractivity contribution < 1.29 is 19.1 Å². The lowest BCUT2D eigenvalue weighted by atomic mass is 9.75. The summed E-state index contributed by atoms with van der Waals surface area (Å²) < 4.78 is 5.22. The van der Waals surface area contributed by atoms with Crippen molar-refractivity contribution in [3.8, 4) is 0 Å². The Morgan fingerprint density at radius 2 is 1.47 bits per heavy atom. The summed E-state index contributed by atoms with van der Waals surface area (Å²) in [6, 6.07) is 21.7. The number of rotatable bonds is 4. The summed E-state index contributed by atoms with van der Waals surface area (Å²) in [7, 11) is 1.28. The molecular formula is C26H20Cl2N2O4. The monoisotopic (exact) mass is 494 g/mol. The van der Waals surface area contributed by atoms with Gasteiger partial charge in [-0.3, -0.25) is 14.9 Å². The number of hydrogen-bond acceptors (Lipinski definition) is 5. The van der Waals surface area contributed by atoms with Crippen molar-refractivity contribution in [2.45, 2.75) is 11.6 Å². The molecule has 172 valence electrons. The first-order chi connectivity index (χ1) is 16.4. The van der Waals surface area contributed by atoms with Crippen LogP contribution in [-0.4, -0.2) is 24.9 Å². The van der Waals surface area contributed by atoms with E-state index in [0.717, 1.165) is 10.5 Å². The molecule has 3 aromatic carbocycles. The topological polar surface area (TPSA) is 75.7 Å². The number of fused-ring (bicyclic) bond motifs is 1. The Kier molecular flexibility index (Phi) is 5.68. The van der Waals surface area contributed by atoms with Crippen LogP contribution in [0, 0.1) is 11.8 Å². The molecule has 0 aliphatic carbocycles. The van der Waals surface area contributed by atoms with Gasteiger partial charge in [-0.2, -0.15) is 0 Å². The molecule has 2 saturated heterocycles. The molecule has 3 aromatic rings. The van der Waals surface area contributed by atoms with Gasteiger partial charge in [0.05, 0.1) is 24.6 Å². The summed E-state index contributed by atoms with van der Waals surface area (Å²) in [6.45, 7) is 0. The van der Waals surface area contributed by atoms with Crippen LogP contribution >= 0.6 is 23.2 Å². The number of esters is 1. The summed E-state index contributed by atoms with van der Waals surface area (Å²) in [6.07, 6.45) is 0. The van der Waals surface area contributed by atoms with Crippen LogP contribution in [-0.2, 0) is 24.7 Å². The Morgan fingerprint density at radius 1 is 0.882 bits per heavy atom. The predicted molar refractivity (Wildman–Crippen MR) is 128 cm³/mol. The highest BCUT2D eigenvalue weighted by Crippen LogP contribution is 2.54. The molecule has 2 aliphatic rings. The van der Waals surface area contributed by atoms with Gasteiger partial charge < -0.3 is 4.74 Å². The maximum absolute atomic E-state index is 13.9. The SMILES string of the molecule is COC(=O)[C@]1(c2ccccc2)N[C@@H](c2ccc(Cl)cc2)[C@@H]2C(=O)N(c3ccc(Cl)cc3)C(=O)[C@@H]21. The third-order valence-electron chi connectivity index (χ3n) is 6.61. The second-order valence-electron chi connectivity index (χ2n) is 8.33. The van der Waals surface area contributed by atoms with E-state index in [4.69, 9.17) is 27.9 Å². The van der Waals surface area contributed by atoms with Crippen LogP contribution in [0.3, 0.4) is 0 Å². The Labute approximate surface area is 206 Å². The third-order valence-corrected chi connectivity index (χ3v) is 7.11. The molecule has 0 unspecified atom stereocenters. The van der Waals surface area contributed by atoms with Crippen molar-refractivity contribution in [3.05, 3.63) is 100 Å². The van der Waals surface area contributed by atoms with E-state index in [1.807, 2.05) is 6.07 Å². The molecule has 0 saturated carbocycles. The zero-order chi connectivity index (χ0) is 24.0. The minimum atomic E-state index is -1.56. The van der Waals surface area contributed by atoms with Crippen molar-refractivity contribution >= 4 is 46.7 Å². The number of benzene rings is 3. The number of hydrogen-bond donors (Lipinski definition) is 1. The van der Waals surface area contributed by atoms with Crippen LogP contribution in [0.2, 0.25) is 10.0 Å². The van der Waals surface area contributed by atoms with E-state index < -0.39 is 41.2 Å². The number of imide groups is 1. The van der Waals surface area contributed by atoms with Gasteiger partial charge in [0.25, 0.3) is 0 Å². The normalized spacial score (nSPS) is 26.0. The Morgan fingerprint density at radius 3 is 2.06 bits per heavy atom. The quantitative estimate of drug-likeness (QED) is 0.426. The minimum Gasteiger partial charge on any atom is -0.467 e. The van der Waals surface area contributed by atoms with E-state index in [1.165, 1.54) is 7.11 Å². The molecule has 5 rings (SSSR count). The van der Waals surface area contributed by atoms with Crippen LogP contribution in [0.15, 0.2) is 78.9 Å². The molecule has 2 aliphatic heterocycles. The molecule has 2 fully saturated rings. The van der Waals surface area contributed by atoms with Crippen LogP contribution in [0.5, 0.6) is 0 Å². The van der Waals surface area contributed by atoms with Crippen LogP contribution in [0.4, 0.5) is 5.69 Å². The van der Waals surface area contributed by atoms with E-state index >= 15 is 0 Å². The number of anilines is 1. The van der Waals surface area contributed by atoms with Crippen LogP contribution < -0.4 is 10.2 Å². The van der Waals surface area contributed by atoms with Gasteiger partial charge in [0.15, 0.2) is 5.54 Å². The molecule has 4 atom stereocenters. The number of halogens is 2. The average Bonchev–Trinajstić information content (AvgIpc) is 3.35. The number of methoxy groups -OCH3 is 1. The molecule has 0 bridgehead atoms. The van der Waals surface area contributed by atoms with Crippen LogP contribution in [0.1, 0.15) is 17.2 Å². The van der Waals surface area contributed by atoms with E-state index in [-0.39, 0.29) is 0 Å². The highest BCUT2D eigenvalue weighted by atomic mass is 35.5. The smallest absolute Gasteiger partial charge is 0.331 e. The second-order valence-corrected chi connectivity index (χ2v) is 9.20. The lowest BCUT2D eigenvalue weighted by Crippen LogP contribution is -2.53. The Hall–Kier alpha value is -3.19. The molecule has 0 radical (unpaired) electrons. The standard InChI is InChI=1S/C26H20Cl2N2O4/c1-34-25(33)26(16-5-3-2-4-6-16)21-20(22(29-26)15-7-9-17(27)10-8-15)23(31)30(24(21)32)19-13-11-18(28)12-14-19/h2-14,20-22,29H,1H3/t20-,21-,22+,26-/m1/s1. The van der Waals surface area contributed by atoms with Crippen molar-refractivity contribution in [2.75, 3.05) is 12.0 Å². The number of nitrogens with one attached hydrogen (secondary N) is 1. The zero-order valence-corrected chi connectivity index (χ0v) is 19.6. The van der Waals surface area contributed by atoms with Gasteiger partial charge in [-0.05, 0) is 47.5 Å². The number of carbonyl (C=O) groups excluding carboxylic acids is 3. The summed E-state index contributed by atoms with van der Waals surface area (Å²) in [5.74, 6) is -3.37. The zero-order valence-electron chi connectivity index (χ0n) is 18.1. The average molecular weight is 495 g/mol. The molecule has 8 heteroatoms. The minimum absolute atomic E-state index is 0.397. The Bertz CT molecular complexity index is 1260. The molecule has 2 amide bonds. The van der Waals surface area contributed by atoms with Crippen molar-refractivity contribution in [2.24, 2.45) is 11.8 Å². The first-order valence-electron chi connectivity index (χ1n) is 10.7. The van der Waals surface area contributed by atoms with E-state index in [9.17, 15) is 14.4 Å². The molecule has 6 nitrogen and oxygen atoms in total. The lowest BCUT2D eigenvalue weighted by Gasteiger charge is -2.33. The van der Waals surface area contributed by atoms with Crippen LogP contribution in [0.25, 0.3) is 0 Å². The summed E-state index contributed by atoms with van der Waals surface area (Å²) >= 11 is 12.1. The Balaban J connectivity index is 1.72. The molecule has 0 spiro atoms. The van der Waals surface area contributed by atoms with Crippen molar-refractivity contribution in [1.82, 2.24) is 5.32 Å².